The van der Waals surface area contributed by atoms with E-state index in [2.05, 4.69) is 0 Å². The van der Waals surface area contributed by atoms with Crippen molar-refractivity contribution < 1.29 is 0 Å². The first-order chi connectivity index (χ1) is 8.18. The van der Waals surface area contributed by atoms with Gasteiger partial charge in [-0.2, -0.15) is 0 Å². The van der Waals surface area contributed by atoms with Crippen molar-refractivity contribution in [3.8, 4) is 0 Å². The Hall–Kier alpha value is -2.01. The molecule has 0 aromatic carbocycles. The van der Waals surface area contributed by atoms with Gasteiger partial charge in [-0.3, -0.25) is 18.7 Å². The Morgan fingerprint density at radius 2 is 1.35 bits per heavy atom. The van der Waals surface area contributed by atoms with E-state index in [1.165, 1.54) is 21.3 Å². The van der Waals surface area contributed by atoms with Crippen LogP contribution in [0.3, 0.4) is 0 Å². The Morgan fingerprint density at radius 3 is 1.82 bits per heavy atom. The van der Waals surface area contributed by atoms with E-state index in [0.29, 0.717) is 6.42 Å². The molecule has 3 heterocycles. The molecule has 2 aromatic rings. The number of hydrogen-bond acceptors (Lipinski definition) is 3. The number of thiocarbonyl (C=S) groups is 1. The maximum atomic E-state index is 11.8. The van der Waals surface area contributed by atoms with Gasteiger partial charge in [0.25, 0.3) is 11.1 Å². The van der Waals surface area contributed by atoms with Gasteiger partial charge in [0, 0.05) is 29.9 Å². The van der Waals surface area contributed by atoms with E-state index in [-0.39, 0.29) is 16.2 Å². The van der Waals surface area contributed by atoms with Crippen LogP contribution in [0.15, 0.2) is 46.0 Å². The Labute approximate surface area is 102 Å². The van der Waals surface area contributed by atoms with Gasteiger partial charge in [-0.1, -0.05) is 12.1 Å². The zero-order valence-corrected chi connectivity index (χ0v) is 9.61. The second-order valence-electron chi connectivity index (χ2n) is 3.84. The molecule has 2 aromatic heterocycles. The minimum atomic E-state index is -0.200. The number of rotatable bonds is 0. The van der Waals surface area contributed by atoms with Crippen LogP contribution >= 0.6 is 12.2 Å². The molecular formula is C12H8N2O2S. The first-order valence-electron chi connectivity index (χ1n) is 5.15. The third-order valence-electron chi connectivity index (χ3n) is 2.81. The van der Waals surface area contributed by atoms with Crippen molar-refractivity contribution in [2.75, 3.05) is 0 Å². The van der Waals surface area contributed by atoms with Crippen LogP contribution in [0.4, 0.5) is 0 Å². The zero-order valence-electron chi connectivity index (χ0n) is 8.79. The molecule has 0 N–H and O–H groups in total. The van der Waals surface area contributed by atoms with Gasteiger partial charge in [-0.15, -0.1) is 0 Å². The van der Waals surface area contributed by atoms with E-state index in [9.17, 15) is 9.59 Å². The fraction of sp³-hybridized carbons (Fsp3) is 0.0833. The third-order valence-corrected chi connectivity index (χ3v) is 3.18. The Morgan fingerprint density at radius 1 is 0.882 bits per heavy atom. The highest BCUT2D eigenvalue weighted by Crippen LogP contribution is 2.12. The summed E-state index contributed by atoms with van der Waals surface area (Å²) in [4.78, 5) is 23.5. The van der Waals surface area contributed by atoms with Crippen molar-refractivity contribution in [2.24, 2.45) is 0 Å². The molecule has 0 bridgehead atoms. The molecule has 0 radical (unpaired) electrons. The fourth-order valence-corrected chi connectivity index (χ4v) is 2.47. The average molecular weight is 244 g/mol. The number of aromatic nitrogens is 2. The summed E-state index contributed by atoms with van der Waals surface area (Å²) in [6.45, 7) is 0. The molecule has 0 aliphatic carbocycles. The summed E-state index contributed by atoms with van der Waals surface area (Å²) in [6, 6.07) is 9.97. The maximum absolute atomic E-state index is 11.8. The number of hydrogen-bond donors (Lipinski definition) is 0. The molecule has 1 aliphatic heterocycles. The largest absolute Gasteiger partial charge is 0.269 e. The van der Waals surface area contributed by atoms with Gasteiger partial charge in [0.2, 0.25) is 0 Å². The van der Waals surface area contributed by atoms with Crippen molar-refractivity contribution >= 4 is 17.3 Å². The molecule has 4 nitrogen and oxygen atoms in total. The van der Waals surface area contributed by atoms with Crippen LogP contribution < -0.4 is 11.1 Å². The average Bonchev–Trinajstić information content (AvgIpc) is 2.28. The lowest BCUT2D eigenvalue weighted by Crippen LogP contribution is -2.42. The minimum Gasteiger partial charge on any atom is -0.269 e. The summed E-state index contributed by atoms with van der Waals surface area (Å²) in [5.74, 6) is 0. The van der Waals surface area contributed by atoms with Gasteiger partial charge >= 0.3 is 0 Å². The van der Waals surface area contributed by atoms with Crippen LogP contribution in [-0.4, -0.2) is 14.2 Å². The van der Waals surface area contributed by atoms with E-state index >= 15 is 0 Å². The number of pyridine rings is 2. The van der Waals surface area contributed by atoms with Crippen LogP contribution in [0.2, 0.25) is 0 Å². The van der Waals surface area contributed by atoms with Crippen molar-refractivity contribution in [2.45, 2.75) is 6.42 Å². The van der Waals surface area contributed by atoms with Gasteiger partial charge in [-0.25, -0.2) is 0 Å². The predicted molar refractivity (Wildman–Crippen MR) is 67.6 cm³/mol. The highest BCUT2D eigenvalue weighted by atomic mass is 32.1. The van der Waals surface area contributed by atoms with Crippen LogP contribution in [0.1, 0.15) is 11.4 Å². The van der Waals surface area contributed by atoms with Gasteiger partial charge in [-0.05, 0) is 24.4 Å². The van der Waals surface area contributed by atoms with Crippen molar-refractivity contribution in [3.05, 3.63) is 68.5 Å². The summed E-state index contributed by atoms with van der Waals surface area (Å²) in [5.41, 5.74) is 1.23. The van der Waals surface area contributed by atoms with Gasteiger partial charge in [0.15, 0.2) is 5.11 Å². The lowest BCUT2D eigenvalue weighted by Gasteiger charge is -2.23. The second-order valence-corrected chi connectivity index (χ2v) is 4.21. The van der Waals surface area contributed by atoms with Gasteiger partial charge in [0.05, 0.1) is 0 Å². The predicted octanol–water partition coefficient (Wildman–Crippen LogP) is 0.595. The lowest BCUT2D eigenvalue weighted by atomic mass is 10.1. The minimum absolute atomic E-state index is 0.200. The summed E-state index contributed by atoms with van der Waals surface area (Å²) in [7, 11) is 0. The van der Waals surface area contributed by atoms with Gasteiger partial charge < -0.3 is 0 Å². The Balaban J connectivity index is 2.37. The van der Waals surface area contributed by atoms with Crippen LogP contribution in [0.25, 0.3) is 0 Å². The van der Waals surface area contributed by atoms with Crippen LogP contribution in [0, 0.1) is 0 Å². The summed E-state index contributed by atoms with van der Waals surface area (Å²) in [5, 5.41) is 0.234. The Kier molecular flexibility index (Phi) is 2.09. The SMILES string of the molecule is O=c1cccc2n1C(=S)n1c(cccc1=O)C2. The first-order valence-corrected chi connectivity index (χ1v) is 5.56. The number of nitrogens with zero attached hydrogens (tertiary/aromatic N) is 2. The molecule has 1 aliphatic rings. The van der Waals surface area contributed by atoms with E-state index in [0.717, 1.165) is 11.4 Å². The summed E-state index contributed by atoms with van der Waals surface area (Å²) in [6.07, 6.45) is 0.534. The van der Waals surface area contributed by atoms with E-state index in [4.69, 9.17) is 12.2 Å². The fourth-order valence-electron chi connectivity index (χ4n) is 2.06. The van der Waals surface area contributed by atoms with Crippen LogP contribution in [0.5, 0.6) is 0 Å². The highest BCUT2D eigenvalue weighted by molar-refractivity contribution is 7.80. The van der Waals surface area contributed by atoms with Crippen molar-refractivity contribution in [3.63, 3.8) is 0 Å². The zero-order chi connectivity index (χ0) is 12.0. The standard InChI is InChI=1S/C12H8N2O2S/c15-10-5-1-3-8-7-9-4-2-6-11(16)14(9)12(17)13(8)10/h1-6H,7H2. The molecule has 0 spiro atoms. The van der Waals surface area contributed by atoms with Crippen molar-refractivity contribution in [1.82, 2.24) is 9.13 Å². The van der Waals surface area contributed by atoms with Crippen LogP contribution in [-0.2, 0) is 6.42 Å². The molecule has 5 heteroatoms. The lowest BCUT2D eigenvalue weighted by molar-refractivity contribution is 0.797. The first kappa shape index (κ1) is 10.2. The molecule has 3 rings (SSSR count). The van der Waals surface area contributed by atoms with E-state index in [1.54, 1.807) is 12.1 Å². The third kappa shape index (κ3) is 1.39. The molecule has 0 unspecified atom stereocenters. The van der Waals surface area contributed by atoms with E-state index < -0.39 is 0 Å². The highest BCUT2D eigenvalue weighted by Gasteiger charge is 2.20. The smallest absolute Gasteiger partial charge is 0.257 e. The summed E-state index contributed by atoms with van der Waals surface area (Å²) < 4.78 is 2.81. The number of fused-ring (bicyclic) bond motifs is 2. The molecule has 17 heavy (non-hydrogen) atoms. The van der Waals surface area contributed by atoms with E-state index in [1.807, 2.05) is 12.1 Å². The molecule has 0 fully saturated rings. The molecule has 0 saturated heterocycles. The normalized spacial score (nSPS) is 13.1. The van der Waals surface area contributed by atoms with Gasteiger partial charge in [0.1, 0.15) is 0 Å². The Bertz CT molecular complexity index is 681. The molecule has 0 atom stereocenters. The topological polar surface area (TPSA) is 44.0 Å². The molecule has 0 amide bonds. The molecule has 0 saturated carbocycles. The summed E-state index contributed by atoms with van der Waals surface area (Å²) >= 11 is 5.22. The molecule has 84 valence electrons. The maximum Gasteiger partial charge on any atom is 0.257 e. The second kappa shape index (κ2) is 3.49. The molecular weight excluding hydrogens is 236 g/mol. The van der Waals surface area contributed by atoms with Crippen molar-refractivity contribution in [1.29, 1.82) is 0 Å². The monoisotopic (exact) mass is 244 g/mol. The quantitative estimate of drug-likeness (QED) is 0.544.